The number of fused-ring (bicyclic) bond motifs is 1. The number of benzene rings is 2. The molecule has 28 heavy (non-hydrogen) atoms. The van der Waals surface area contributed by atoms with Crippen molar-refractivity contribution < 1.29 is 0 Å². The number of aromatic nitrogens is 3. The molecule has 5 heteroatoms. The highest BCUT2D eigenvalue weighted by molar-refractivity contribution is 5.91. The van der Waals surface area contributed by atoms with Crippen LogP contribution in [0.5, 0.6) is 0 Å². The van der Waals surface area contributed by atoms with Crippen LogP contribution in [0.1, 0.15) is 30.9 Å². The van der Waals surface area contributed by atoms with Gasteiger partial charge in [0.1, 0.15) is 5.82 Å². The Morgan fingerprint density at radius 3 is 2.50 bits per heavy atom. The quantitative estimate of drug-likeness (QED) is 0.455. The summed E-state index contributed by atoms with van der Waals surface area (Å²) in [4.78, 5) is 13.5. The van der Waals surface area contributed by atoms with Crippen LogP contribution in [0, 0.1) is 6.92 Å². The third-order valence-corrected chi connectivity index (χ3v) is 4.71. The Kier molecular flexibility index (Phi) is 4.89. The monoisotopic (exact) mass is 369 g/mol. The van der Waals surface area contributed by atoms with E-state index in [0.717, 1.165) is 28.1 Å². The summed E-state index contributed by atoms with van der Waals surface area (Å²) in [5, 5.41) is 7.86. The molecule has 0 spiro atoms. The topological polar surface area (TPSA) is 62.7 Å². The van der Waals surface area contributed by atoms with Crippen molar-refractivity contribution in [2.75, 3.05) is 10.6 Å². The van der Waals surface area contributed by atoms with E-state index in [1.807, 2.05) is 36.4 Å². The van der Waals surface area contributed by atoms with Crippen LogP contribution in [-0.4, -0.2) is 15.0 Å². The molecule has 140 valence electrons. The van der Waals surface area contributed by atoms with Gasteiger partial charge in [-0.05, 0) is 42.2 Å². The van der Waals surface area contributed by atoms with Gasteiger partial charge in [-0.1, -0.05) is 50.2 Å². The maximum atomic E-state index is 4.65. The van der Waals surface area contributed by atoms with Crippen molar-refractivity contribution in [1.82, 2.24) is 15.0 Å². The lowest BCUT2D eigenvalue weighted by Gasteiger charge is -2.16. The first-order valence-electron chi connectivity index (χ1n) is 9.42. The molecule has 0 aliphatic carbocycles. The number of rotatable bonds is 5. The molecule has 2 N–H and O–H groups in total. The van der Waals surface area contributed by atoms with Crippen molar-refractivity contribution in [3.8, 4) is 0 Å². The molecular weight excluding hydrogens is 346 g/mol. The number of nitrogens with one attached hydrogen (secondary N) is 2. The first kappa shape index (κ1) is 17.9. The number of hydrogen-bond donors (Lipinski definition) is 2. The molecule has 0 fully saturated rings. The first-order chi connectivity index (χ1) is 13.6. The van der Waals surface area contributed by atoms with Crippen molar-refractivity contribution in [1.29, 1.82) is 0 Å². The molecule has 0 atom stereocenters. The summed E-state index contributed by atoms with van der Waals surface area (Å²) in [6, 6.07) is 18.2. The minimum absolute atomic E-state index is 0.408. The molecule has 0 unspecified atom stereocenters. The molecule has 2 aromatic heterocycles. The number of aryl methyl sites for hydroxylation is 1. The van der Waals surface area contributed by atoms with Gasteiger partial charge in [0.15, 0.2) is 0 Å². The Balaban J connectivity index is 1.64. The van der Waals surface area contributed by atoms with Crippen molar-refractivity contribution in [3.05, 3.63) is 78.1 Å². The molecule has 0 saturated heterocycles. The van der Waals surface area contributed by atoms with Crippen LogP contribution in [0.15, 0.2) is 67.0 Å². The zero-order chi connectivity index (χ0) is 19.5. The summed E-state index contributed by atoms with van der Waals surface area (Å²) in [7, 11) is 0. The first-order valence-corrected chi connectivity index (χ1v) is 9.42. The Morgan fingerprint density at radius 1 is 0.821 bits per heavy atom. The number of anilines is 4. The van der Waals surface area contributed by atoms with Gasteiger partial charge in [0.25, 0.3) is 0 Å². The van der Waals surface area contributed by atoms with Crippen molar-refractivity contribution >= 4 is 34.0 Å². The molecule has 0 aliphatic heterocycles. The second kappa shape index (κ2) is 7.64. The van der Waals surface area contributed by atoms with Gasteiger partial charge < -0.3 is 10.6 Å². The van der Waals surface area contributed by atoms with Crippen LogP contribution >= 0.6 is 0 Å². The number of nitrogens with zero attached hydrogens (tertiary/aromatic N) is 3. The molecule has 4 rings (SSSR count). The Morgan fingerprint density at radius 2 is 1.64 bits per heavy atom. The molecule has 4 aromatic rings. The third-order valence-electron chi connectivity index (χ3n) is 4.71. The number of para-hydroxylation sites is 2. The summed E-state index contributed by atoms with van der Waals surface area (Å²) in [5.74, 6) is 1.69. The van der Waals surface area contributed by atoms with Crippen LogP contribution in [0.4, 0.5) is 23.1 Å². The highest BCUT2D eigenvalue weighted by atomic mass is 15.1. The zero-order valence-electron chi connectivity index (χ0n) is 16.3. The highest BCUT2D eigenvalue weighted by Crippen LogP contribution is 2.30. The molecule has 0 bridgehead atoms. The lowest BCUT2D eigenvalue weighted by Crippen LogP contribution is -2.04. The molecule has 2 aromatic carbocycles. The van der Waals surface area contributed by atoms with Crippen LogP contribution in [0.3, 0.4) is 0 Å². The van der Waals surface area contributed by atoms with Gasteiger partial charge in [0.2, 0.25) is 5.95 Å². The standard InChI is InChI=1S/C23H23N5/c1-15(2)18-10-4-7-16(3)21(18)28-23-25-14-12-20(27-23)26-19-11-5-8-17-9-6-13-24-22(17)19/h4-15H,1-3H3,(H2,25,26,27,28). The normalized spacial score (nSPS) is 11.0. The van der Waals surface area contributed by atoms with Gasteiger partial charge in [-0.2, -0.15) is 4.98 Å². The summed E-state index contributed by atoms with van der Waals surface area (Å²) >= 11 is 0. The maximum absolute atomic E-state index is 4.65. The van der Waals surface area contributed by atoms with E-state index in [2.05, 4.69) is 64.6 Å². The fourth-order valence-corrected chi connectivity index (χ4v) is 3.29. The summed E-state index contributed by atoms with van der Waals surface area (Å²) < 4.78 is 0. The lowest BCUT2D eigenvalue weighted by atomic mass is 9.98. The van der Waals surface area contributed by atoms with E-state index in [-0.39, 0.29) is 0 Å². The Hall–Kier alpha value is -3.47. The van der Waals surface area contributed by atoms with Gasteiger partial charge in [-0.25, -0.2) is 4.98 Å². The van der Waals surface area contributed by atoms with Crippen LogP contribution in [-0.2, 0) is 0 Å². The van der Waals surface area contributed by atoms with Crippen LogP contribution < -0.4 is 10.6 Å². The maximum Gasteiger partial charge on any atom is 0.229 e. The summed E-state index contributed by atoms with van der Waals surface area (Å²) in [6.07, 6.45) is 3.55. The van der Waals surface area contributed by atoms with Gasteiger partial charge in [-0.3, -0.25) is 4.98 Å². The van der Waals surface area contributed by atoms with Gasteiger partial charge >= 0.3 is 0 Å². The molecule has 0 saturated carbocycles. The highest BCUT2D eigenvalue weighted by Gasteiger charge is 2.11. The van der Waals surface area contributed by atoms with Crippen molar-refractivity contribution in [2.45, 2.75) is 26.7 Å². The largest absolute Gasteiger partial charge is 0.338 e. The number of hydrogen-bond acceptors (Lipinski definition) is 5. The van der Waals surface area contributed by atoms with E-state index >= 15 is 0 Å². The van der Waals surface area contributed by atoms with E-state index in [1.165, 1.54) is 11.1 Å². The van der Waals surface area contributed by atoms with E-state index in [4.69, 9.17) is 0 Å². The van der Waals surface area contributed by atoms with E-state index in [9.17, 15) is 0 Å². The smallest absolute Gasteiger partial charge is 0.229 e. The van der Waals surface area contributed by atoms with Gasteiger partial charge in [0.05, 0.1) is 11.2 Å². The summed E-state index contributed by atoms with van der Waals surface area (Å²) in [6.45, 7) is 6.47. The second-order valence-corrected chi connectivity index (χ2v) is 7.09. The van der Waals surface area contributed by atoms with Crippen LogP contribution in [0.25, 0.3) is 10.9 Å². The average Bonchev–Trinajstić information content (AvgIpc) is 2.70. The lowest BCUT2D eigenvalue weighted by molar-refractivity contribution is 0.866. The summed E-state index contributed by atoms with van der Waals surface area (Å²) in [5.41, 5.74) is 5.33. The van der Waals surface area contributed by atoms with Crippen LogP contribution in [0.2, 0.25) is 0 Å². The number of pyridine rings is 1. The molecule has 0 radical (unpaired) electrons. The molecule has 0 aliphatic rings. The van der Waals surface area contributed by atoms with Gasteiger partial charge in [0, 0.05) is 23.5 Å². The van der Waals surface area contributed by atoms with E-state index < -0.39 is 0 Å². The fraction of sp³-hybridized carbons (Fsp3) is 0.174. The Bertz CT molecular complexity index is 1120. The SMILES string of the molecule is Cc1cccc(C(C)C)c1Nc1nccc(Nc2cccc3cccnc23)n1. The zero-order valence-corrected chi connectivity index (χ0v) is 16.3. The predicted molar refractivity (Wildman–Crippen MR) is 116 cm³/mol. The molecule has 5 nitrogen and oxygen atoms in total. The molecule has 0 amide bonds. The van der Waals surface area contributed by atoms with E-state index in [0.29, 0.717) is 11.9 Å². The predicted octanol–water partition coefficient (Wildman–Crippen LogP) is 5.94. The molecular formula is C23H23N5. The van der Waals surface area contributed by atoms with Crippen molar-refractivity contribution in [2.24, 2.45) is 0 Å². The minimum atomic E-state index is 0.408. The Labute approximate surface area is 164 Å². The van der Waals surface area contributed by atoms with Crippen molar-refractivity contribution in [3.63, 3.8) is 0 Å². The van der Waals surface area contributed by atoms with E-state index in [1.54, 1.807) is 12.4 Å². The average molecular weight is 369 g/mol. The third kappa shape index (κ3) is 3.64. The fourth-order valence-electron chi connectivity index (χ4n) is 3.29. The molecule has 2 heterocycles. The minimum Gasteiger partial charge on any atom is -0.338 e. The second-order valence-electron chi connectivity index (χ2n) is 7.09. The van der Waals surface area contributed by atoms with Gasteiger partial charge in [-0.15, -0.1) is 0 Å².